The topological polar surface area (TPSA) is 53.7 Å². The fourth-order valence-corrected chi connectivity index (χ4v) is 1.35. The van der Waals surface area contributed by atoms with Gasteiger partial charge in [-0.3, -0.25) is 4.79 Å². The second-order valence-electron chi connectivity index (χ2n) is 3.46. The zero-order valence-electron chi connectivity index (χ0n) is 9.18. The molecule has 0 aliphatic carbocycles. The van der Waals surface area contributed by atoms with Gasteiger partial charge in [-0.2, -0.15) is 0 Å². The Hall–Kier alpha value is -1.07. The van der Waals surface area contributed by atoms with Gasteiger partial charge in [0.25, 0.3) is 0 Å². The van der Waals surface area contributed by atoms with E-state index in [1.54, 1.807) is 32.2 Å². The molecule has 16 heavy (non-hydrogen) atoms. The minimum Gasteiger partial charge on any atom is -0.450 e. The third kappa shape index (κ3) is 3.50. The zero-order valence-corrected chi connectivity index (χ0v) is 10.8. The van der Waals surface area contributed by atoms with Gasteiger partial charge in [-0.1, -0.05) is 0 Å². The minimum atomic E-state index is -0.194. The predicted octanol–water partition coefficient (Wildman–Crippen LogP) is 1.89. The van der Waals surface area contributed by atoms with Crippen LogP contribution in [0.5, 0.6) is 0 Å². The van der Waals surface area contributed by atoms with E-state index in [2.05, 4.69) is 15.9 Å². The molecule has 1 aromatic heterocycles. The van der Waals surface area contributed by atoms with E-state index in [1.807, 2.05) is 0 Å². The SMILES string of the molecule is CC(CO)N(C)C(=O)/C=C/c1ccc(Br)o1. The Kier molecular flexibility index (Phi) is 4.76. The van der Waals surface area contributed by atoms with E-state index in [1.165, 1.54) is 11.0 Å². The molecule has 0 spiro atoms. The molecule has 0 aromatic carbocycles. The summed E-state index contributed by atoms with van der Waals surface area (Å²) in [6.45, 7) is 1.72. The number of carbonyl (C=O) groups is 1. The largest absolute Gasteiger partial charge is 0.450 e. The fraction of sp³-hybridized carbons (Fsp3) is 0.364. The summed E-state index contributed by atoms with van der Waals surface area (Å²) >= 11 is 3.17. The molecule has 1 heterocycles. The molecule has 0 aliphatic heterocycles. The molecule has 1 unspecified atom stereocenters. The van der Waals surface area contributed by atoms with E-state index in [4.69, 9.17) is 9.52 Å². The van der Waals surface area contributed by atoms with Crippen LogP contribution in [-0.4, -0.2) is 35.6 Å². The van der Waals surface area contributed by atoms with Crippen molar-refractivity contribution < 1.29 is 14.3 Å². The Bertz CT molecular complexity index is 386. The first kappa shape index (κ1) is 13.0. The maximum atomic E-state index is 11.6. The molecule has 0 saturated heterocycles. The summed E-state index contributed by atoms with van der Waals surface area (Å²) in [5.74, 6) is 0.430. The Morgan fingerprint density at radius 3 is 2.88 bits per heavy atom. The molecule has 1 N–H and O–H groups in total. The average molecular weight is 288 g/mol. The number of hydrogen-bond acceptors (Lipinski definition) is 3. The quantitative estimate of drug-likeness (QED) is 0.861. The van der Waals surface area contributed by atoms with E-state index in [-0.39, 0.29) is 18.6 Å². The highest BCUT2D eigenvalue weighted by Crippen LogP contribution is 2.15. The van der Waals surface area contributed by atoms with Crippen molar-refractivity contribution in [1.29, 1.82) is 0 Å². The summed E-state index contributed by atoms with van der Waals surface area (Å²) in [6.07, 6.45) is 3.01. The van der Waals surface area contributed by atoms with Crippen molar-refractivity contribution in [3.8, 4) is 0 Å². The van der Waals surface area contributed by atoms with Crippen molar-refractivity contribution in [3.63, 3.8) is 0 Å². The normalized spacial score (nSPS) is 13.0. The van der Waals surface area contributed by atoms with Gasteiger partial charge in [0.2, 0.25) is 5.91 Å². The van der Waals surface area contributed by atoms with Crippen molar-refractivity contribution in [2.75, 3.05) is 13.7 Å². The fourth-order valence-electron chi connectivity index (χ4n) is 1.03. The molecule has 88 valence electrons. The summed E-state index contributed by atoms with van der Waals surface area (Å²) in [7, 11) is 1.64. The highest BCUT2D eigenvalue weighted by molar-refractivity contribution is 9.10. The molecule has 0 saturated carbocycles. The number of nitrogens with zero attached hydrogens (tertiary/aromatic N) is 1. The number of hydrogen-bond donors (Lipinski definition) is 1. The maximum absolute atomic E-state index is 11.6. The van der Waals surface area contributed by atoms with Gasteiger partial charge in [0.05, 0.1) is 12.6 Å². The summed E-state index contributed by atoms with van der Waals surface area (Å²) in [4.78, 5) is 13.1. The number of halogens is 1. The Balaban J connectivity index is 2.60. The molecule has 0 bridgehead atoms. The number of aliphatic hydroxyl groups excluding tert-OH is 1. The van der Waals surface area contributed by atoms with Gasteiger partial charge in [0.1, 0.15) is 5.76 Å². The molecular formula is C11H14BrNO3. The van der Waals surface area contributed by atoms with Gasteiger partial charge < -0.3 is 14.4 Å². The molecule has 1 aromatic rings. The van der Waals surface area contributed by atoms with Crippen molar-refractivity contribution in [2.24, 2.45) is 0 Å². The van der Waals surface area contributed by atoms with Gasteiger partial charge >= 0.3 is 0 Å². The van der Waals surface area contributed by atoms with Gasteiger partial charge in [-0.15, -0.1) is 0 Å². The molecule has 1 atom stereocenters. The molecule has 0 fully saturated rings. The van der Waals surface area contributed by atoms with Crippen LogP contribution >= 0.6 is 15.9 Å². The number of aliphatic hydroxyl groups is 1. The Labute approximate surface area is 103 Å². The van der Waals surface area contributed by atoms with E-state index >= 15 is 0 Å². The van der Waals surface area contributed by atoms with E-state index in [0.717, 1.165) is 0 Å². The van der Waals surface area contributed by atoms with Crippen molar-refractivity contribution in [2.45, 2.75) is 13.0 Å². The highest BCUT2D eigenvalue weighted by atomic mass is 79.9. The van der Waals surface area contributed by atoms with Crippen LogP contribution < -0.4 is 0 Å². The van der Waals surface area contributed by atoms with Crippen LogP contribution in [0, 0.1) is 0 Å². The lowest BCUT2D eigenvalue weighted by Gasteiger charge is -2.21. The number of amides is 1. The third-order valence-electron chi connectivity index (χ3n) is 2.26. The standard InChI is InChI=1S/C11H14BrNO3/c1-8(7-14)13(2)11(15)6-4-9-3-5-10(12)16-9/h3-6,8,14H,7H2,1-2H3/b6-4+. The lowest BCUT2D eigenvalue weighted by molar-refractivity contribution is -0.127. The first-order valence-electron chi connectivity index (χ1n) is 4.85. The van der Waals surface area contributed by atoms with E-state index < -0.39 is 0 Å². The van der Waals surface area contributed by atoms with Gasteiger partial charge in [0, 0.05) is 13.1 Å². The zero-order chi connectivity index (χ0) is 12.1. The number of likely N-dealkylation sites (N-methyl/N-ethyl adjacent to an activating group) is 1. The monoisotopic (exact) mass is 287 g/mol. The first-order chi connectivity index (χ1) is 7.54. The maximum Gasteiger partial charge on any atom is 0.246 e. The van der Waals surface area contributed by atoms with Crippen LogP contribution in [-0.2, 0) is 4.79 Å². The molecule has 4 nitrogen and oxygen atoms in total. The van der Waals surface area contributed by atoms with Crippen LogP contribution in [0.3, 0.4) is 0 Å². The summed E-state index contributed by atoms with van der Waals surface area (Å²) in [5.41, 5.74) is 0. The lowest BCUT2D eigenvalue weighted by atomic mass is 10.3. The van der Waals surface area contributed by atoms with E-state index in [9.17, 15) is 4.79 Å². The Morgan fingerprint density at radius 1 is 1.69 bits per heavy atom. The molecular weight excluding hydrogens is 274 g/mol. The summed E-state index contributed by atoms with van der Waals surface area (Å²) < 4.78 is 5.83. The summed E-state index contributed by atoms with van der Waals surface area (Å²) in [6, 6.07) is 3.31. The average Bonchev–Trinajstić information content (AvgIpc) is 2.69. The molecule has 0 radical (unpaired) electrons. The number of carbonyl (C=O) groups excluding carboxylic acids is 1. The van der Waals surface area contributed by atoms with Gasteiger partial charge in [-0.05, 0) is 41.1 Å². The smallest absolute Gasteiger partial charge is 0.246 e. The van der Waals surface area contributed by atoms with E-state index in [0.29, 0.717) is 10.4 Å². The molecule has 1 amide bonds. The summed E-state index contributed by atoms with van der Waals surface area (Å²) in [5, 5.41) is 8.90. The third-order valence-corrected chi connectivity index (χ3v) is 2.68. The van der Waals surface area contributed by atoms with Crippen LogP contribution in [0.4, 0.5) is 0 Å². The van der Waals surface area contributed by atoms with Crippen LogP contribution in [0.1, 0.15) is 12.7 Å². The van der Waals surface area contributed by atoms with Crippen molar-refractivity contribution in [1.82, 2.24) is 4.90 Å². The minimum absolute atomic E-state index is 0.0532. The highest BCUT2D eigenvalue weighted by Gasteiger charge is 2.11. The van der Waals surface area contributed by atoms with Crippen LogP contribution in [0.2, 0.25) is 0 Å². The van der Waals surface area contributed by atoms with Crippen molar-refractivity contribution in [3.05, 3.63) is 28.6 Å². The number of rotatable bonds is 4. The molecule has 1 rings (SSSR count). The Morgan fingerprint density at radius 2 is 2.38 bits per heavy atom. The van der Waals surface area contributed by atoms with Crippen LogP contribution in [0.15, 0.2) is 27.3 Å². The second kappa shape index (κ2) is 5.86. The molecule has 0 aliphatic rings. The second-order valence-corrected chi connectivity index (χ2v) is 4.24. The number of furan rings is 1. The van der Waals surface area contributed by atoms with Crippen LogP contribution in [0.25, 0.3) is 6.08 Å². The van der Waals surface area contributed by atoms with Gasteiger partial charge in [-0.25, -0.2) is 0 Å². The van der Waals surface area contributed by atoms with Crippen molar-refractivity contribution >= 4 is 27.9 Å². The first-order valence-corrected chi connectivity index (χ1v) is 5.65. The predicted molar refractivity (Wildman–Crippen MR) is 64.8 cm³/mol. The lowest BCUT2D eigenvalue weighted by Crippen LogP contribution is -2.36. The van der Waals surface area contributed by atoms with Gasteiger partial charge in [0.15, 0.2) is 4.67 Å². The molecule has 5 heteroatoms.